The summed E-state index contributed by atoms with van der Waals surface area (Å²) in [6.07, 6.45) is 0.440. The Morgan fingerprint density at radius 3 is 2.65 bits per heavy atom. The molecule has 0 aliphatic heterocycles. The van der Waals surface area contributed by atoms with Crippen LogP contribution in [-0.2, 0) is 0 Å². The van der Waals surface area contributed by atoms with Crippen LogP contribution in [0.1, 0.15) is 30.6 Å². The number of hydrogen-bond donors (Lipinski definition) is 2. The zero-order valence-corrected chi connectivity index (χ0v) is 12.9. The molecule has 0 aliphatic rings. The highest BCUT2D eigenvalue weighted by molar-refractivity contribution is 9.10. The summed E-state index contributed by atoms with van der Waals surface area (Å²) in [7, 11) is 0. The molecule has 1 aromatic rings. The van der Waals surface area contributed by atoms with Crippen molar-refractivity contribution in [2.75, 3.05) is 6.61 Å². The van der Waals surface area contributed by atoms with Gasteiger partial charge in [0.15, 0.2) is 0 Å². The first-order chi connectivity index (χ1) is 9.36. The van der Waals surface area contributed by atoms with Gasteiger partial charge in [0.05, 0.1) is 10.5 Å². The fourth-order valence-electron chi connectivity index (χ4n) is 1.76. The van der Waals surface area contributed by atoms with Gasteiger partial charge in [0.2, 0.25) is 0 Å². The van der Waals surface area contributed by atoms with E-state index in [1.165, 1.54) is 18.2 Å². The fraction of sp³-hybridized carbons (Fsp3) is 0.462. The van der Waals surface area contributed by atoms with Crippen LogP contribution in [0.3, 0.4) is 0 Å². The normalized spacial score (nSPS) is 12.2. The predicted molar refractivity (Wildman–Crippen MR) is 78.6 cm³/mol. The van der Waals surface area contributed by atoms with Gasteiger partial charge in [0.25, 0.3) is 11.6 Å². The molecule has 0 fully saturated rings. The standard InChI is InChI=1S/C13H17BrN2O4/c1-8(2)12(5-6-17)15-13(18)10-7-9(16(19)20)3-4-11(10)14/h3-4,7-8,12,17H,5-6H2,1-2H3,(H,15,18). The molecule has 1 amide bonds. The van der Waals surface area contributed by atoms with Crippen molar-refractivity contribution in [3.63, 3.8) is 0 Å². The van der Waals surface area contributed by atoms with Crippen LogP contribution in [0.25, 0.3) is 0 Å². The first-order valence-corrected chi connectivity index (χ1v) is 7.01. The number of benzene rings is 1. The van der Waals surface area contributed by atoms with Crippen LogP contribution in [0.2, 0.25) is 0 Å². The number of rotatable bonds is 6. The van der Waals surface area contributed by atoms with Gasteiger partial charge in [-0.1, -0.05) is 13.8 Å². The number of non-ortho nitro benzene ring substituents is 1. The highest BCUT2D eigenvalue weighted by Crippen LogP contribution is 2.23. The summed E-state index contributed by atoms with van der Waals surface area (Å²) in [6.45, 7) is 3.84. The van der Waals surface area contributed by atoms with E-state index in [-0.39, 0.29) is 29.8 Å². The zero-order chi connectivity index (χ0) is 15.3. The molecule has 0 heterocycles. The number of nitrogens with zero attached hydrogens (tertiary/aromatic N) is 1. The molecular weight excluding hydrogens is 328 g/mol. The van der Waals surface area contributed by atoms with Crippen LogP contribution < -0.4 is 5.32 Å². The summed E-state index contributed by atoms with van der Waals surface area (Å²) in [5.41, 5.74) is 0.0735. The van der Waals surface area contributed by atoms with E-state index in [4.69, 9.17) is 5.11 Å². The third-order valence-corrected chi connectivity index (χ3v) is 3.66. The van der Waals surface area contributed by atoms with Crippen LogP contribution in [0, 0.1) is 16.0 Å². The summed E-state index contributed by atoms with van der Waals surface area (Å²) in [4.78, 5) is 22.4. The number of nitrogens with one attached hydrogen (secondary N) is 1. The SMILES string of the molecule is CC(C)C(CCO)NC(=O)c1cc([N+](=O)[O-])ccc1Br. The molecule has 1 atom stereocenters. The zero-order valence-electron chi connectivity index (χ0n) is 11.3. The average Bonchev–Trinajstić information content (AvgIpc) is 2.38. The van der Waals surface area contributed by atoms with Crippen LogP contribution in [0.4, 0.5) is 5.69 Å². The Morgan fingerprint density at radius 1 is 1.50 bits per heavy atom. The van der Waals surface area contributed by atoms with E-state index >= 15 is 0 Å². The number of aliphatic hydroxyl groups excluding tert-OH is 1. The van der Waals surface area contributed by atoms with Crippen molar-refractivity contribution in [1.29, 1.82) is 0 Å². The van der Waals surface area contributed by atoms with Gasteiger partial charge in [0.1, 0.15) is 0 Å². The van der Waals surface area contributed by atoms with Crippen molar-refractivity contribution in [1.82, 2.24) is 5.32 Å². The van der Waals surface area contributed by atoms with E-state index in [9.17, 15) is 14.9 Å². The summed E-state index contributed by atoms with van der Waals surface area (Å²) < 4.78 is 0.493. The summed E-state index contributed by atoms with van der Waals surface area (Å²) in [6, 6.07) is 3.85. The largest absolute Gasteiger partial charge is 0.396 e. The number of carbonyl (C=O) groups is 1. The molecule has 6 nitrogen and oxygen atoms in total. The third-order valence-electron chi connectivity index (χ3n) is 2.97. The van der Waals surface area contributed by atoms with Gasteiger partial charge < -0.3 is 10.4 Å². The Bertz CT molecular complexity index is 505. The lowest BCUT2D eigenvalue weighted by molar-refractivity contribution is -0.384. The molecule has 7 heteroatoms. The maximum absolute atomic E-state index is 12.2. The molecule has 110 valence electrons. The van der Waals surface area contributed by atoms with Gasteiger partial charge in [-0.25, -0.2) is 0 Å². The average molecular weight is 345 g/mol. The van der Waals surface area contributed by atoms with E-state index in [0.29, 0.717) is 10.9 Å². The number of amides is 1. The number of nitro benzene ring substituents is 1. The van der Waals surface area contributed by atoms with E-state index in [1.54, 1.807) is 0 Å². The Kier molecular flexibility index (Phi) is 6.09. The molecule has 0 aliphatic carbocycles. The van der Waals surface area contributed by atoms with Crippen LogP contribution in [0.5, 0.6) is 0 Å². The number of aliphatic hydroxyl groups is 1. The lowest BCUT2D eigenvalue weighted by Crippen LogP contribution is -2.39. The molecule has 1 unspecified atom stereocenters. The molecule has 1 aromatic carbocycles. The van der Waals surface area contributed by atoms with Gasteiger partial charge in [0, 0.05) is 29.3 Å². The molecule has 0 saturated carbocycles. The predicted octanol–water partition coefficient (Wildman–Crippen LogP) is 2.49. The van der Waals surface area contributed by atoms with Gasteiger partial charge in [-0.05, 0) is 34.3 Å². The molecule has 0 aromatic heterocycles. The first-order valence-electron chi connectivity index (χ1n) is 6.22. The Morgan fingerprint density at radius 2 is 2.15 bits per heavy atom. The van der Waals surface area contributed by atoms with Gasteiger partial charge in [-0.2, -0.15) is 0 Å². The lowest BCUT2D eigenvalue weighted by Gasteiger charge is -2.21. The minimum absolute atomic E-state index is 0.0285. The fourth-order valence-corrected chi connectivity index (χ4v) is 2.18. The monoisotopic (exact) mass is 344 g/mol. The van der Waals surface area contributed by atoms with E-state index in [2.05, 4.69) is 21.2 Å². The van der Waals surface area contributed by atoms with Crippen molar-refractivity contribution in [3.05, 3.63) is 38.3 Å². The minimum Gasteiger partial charge on any atom is -0.396 e. The Hall–Kier alpha value is -1.47. The molecule has 20 heavy (non-hydrogen) atoms. The van der Waals surface area contributed by atoms with Crippen LogP contribution >= 0.6 is 15.9 Å². The highest BCUT2D eigenvalue weighted by atomic mass is 79.9. The first kappa shape index (κ1) is 16.6. The lowest BCUT2D eigenvalue weighted by atomic mass is 10.0. The maximum atomic E-state index is 12.2. The molecular formula is C13H17BrN2O4. The quantitative estimate of drug-likeness (QED) is 0.612. The number of hydrogen-bond acceptors (Lipinski definition) is 4. The topological polar surface area (TPSA) is 92.5 Å². The molecule has 1 rings (SSSR count). The van der Waals surface area contributed by atoms with Gasteiger partial charge in [-0.15, -0.1) is 0 Å². The van der Waals surface area contributed by atoms with E-state index in [1.807, 2.05) is 13.8 Å². The number of nitro groups is 1. The molecule has 0 spiro atoms. The van der Waals surface area contributed by atoms with Gasteiger partial charge >= 0.3 is 0 Å². The van der Waals surface area contributed by atoms with Crippen LogP contribution in [0.15, 0.2) is 22.7 Å². The van der Waals surface area contributed by atoms with E-state index < -0.39 is 10.8 Å². The van der Waals surface area contributed by atoms with Crippen molar-refractivity contribution < 1.29 is 14.8 Å². The maximum Gasteiger partial charge on any atom is 0.270 e. The van der Waals surface area contributed by atoms with Crippen molar-refractivity contribution in [3.8, 4) is 0 Å². The summed E-state index contributed by atoms with van der Waals surface area (Å²) >= 11 is 3.21. The van der Waals surface area contributed by atoms with Crippen molar-refractivity contribution >= 4 is 27.5 Å². The minimum atomic E-state index is -0.545. The van der Waals surface area contributed by atoms with Crippen LogP contribution in [-0.4, -0.2) is 28.6 Å². The molecule has 0 saturated heterocycles. The number of carbonyl (C=O) groups excluding carboxylic acids is 1. The van der Waals surface area contributed by atoms with Crippen molar-refractivity contribution in [2.24, 2.45) is 5.92 Å². The second-order valence-corrected chi connectivity index (χ2v) is 5.61. The third kappa shape index (κ3) is 4.28. The van der Waals surface area contributed by atoms with Crippen molar-refractivity contribution in [2.45, 2.75) is 26.3 Å². The van der Waals surface area contributed by atoms with Gasteiger partial charge in [-0.3, -0.25) is 14.9 Å². The second-order valence-electron chi connectivity index (χ2n) is 4.76. The molecule has 0 radical (unpaired) electrons. The smallest absolute Gasteiger partial charge is 0.270 e. The Balaban J connectivity index is 2.96. The Labute approximate surface area is 125 Å². The van der Waals surface area contributed by atoms with E-state index in [0.717, 1.165) is 0 Å². The molecule has 2 N–H and O–H groups in total. The highest BCUT2D eigenvalue weighted by Gasteiger charge is 2.20. The number of halogens is 1. The summed E-state index contributed by atoms with van der Waals surface area (Å²) in [5.74, 6) is -0.240. The second kappa shape index (κ2) is 7.35. The summed E-state index contributed by atoms with van der Waals surface area (Å²) in [5, 5.41) is 22.5. The molecule has 0 bridgehead atoms.